The Morgan fingerprint density at radius 2 is 1.60 bits per heavy atom. The van der Waals surface area contributed by atoms with Gasteiger partial charge in [-0.2, -0.15) is 0 Å². The molecule has 30 heavy (non-hydrogen) atoms. The zero-order valence-electron chi connectivity index (χ0n) is 18.6. The Kier molecular flexibility index (Phi) is 5.62. The van der Waals surface area contributed by atoms with E-state index >= 15 is 0 Å². The van der Waals surface area contributed by atoms with Crippen LogP contribution in [-0.4, -0.2) is 31.4 Å². The molecule has 0 heterocycles. The second kappa shape index (κ2) is 8.11. The van der Waals surface area contributed by atoms with E-state index in [9.17, 15) is 9.59 Å². The molecule has 6 fully saturated rings. The molecule has 6 bridgehead atoms. The summed E-state index contributed by atoms with van der Waals surface area (Å²) in [6.45, 7) is 4.72. The Hall–Kier alpha value is -1.10. The summed E-state index contributed by atoms with van der Waals surface area (Å²) in [4.78, 5) is 24.9. The molecule has 5 atom stereocenters. The highest BCUT2D eigenvalue weighted by molar-refractivity contribution is 5.74. The Bertz CT molecular complexity index is 637. The first-order valence-electron chi connectivity index (χ1n) is 12.4. The predicted octanol–water partition coefficient (Wildman–Crippen LogP) is 4.72. The molecule has 0 aliphatic heterocycles. The first-order chi connectivity index (χ1) is 14.4. The fraction of sp³-hybridized carbons (Fsp3) is 0.920. The summed E-state index contributed by atoms with van der Waals surface area (Å²) in [5.74, 6) is 2.84. The monoisotopic (exact) mass is 418 g/mol. The Morgan fingerprint density at radius 1 is 0.933 bits per heavy atom. The van der Waals surface area contributed by atoms with Crippen molar-refractivity contribution in [2.75, 3.05) is 13.4 Å². The van der Waals surface area contributed by atoms with E-state index in [-0.39, 0.29) is 42.6 Å². The van der Waals surface area contributed by atoms with Gasteiger partial charge in [-0.3, -0.25) is 9.59 Å². The topological polar surface area (TPSA) is 61.8 Å². The number of fused-ring (bicyclic) bond motifs is 2. The average Bonchev–Trinajstić information content (AvgIpc) is 3.30. The lowest BCUT2D eigenvalue weighted by Crippen LogP contribution is -2.48. The highest BCUT2D eigenvalue weighted by atomic mass is 16.7. The first kappa shape index (κ1) is 20.8. The zero-order valence-corrected chi connectivity index (χ0v) is 18.6. The van der Waals surface area contributed by atoms with Crippen LogP contribution in [0.1, 0.15) is 78.1 Å². The minimum Gasteiger partial charge on any atom is -0.462 e. The number of hydrogen-bond donors (Lipinski definition) is 0. The Labute approximate surface area is 180 Å². The Morgan fingerprint density at radius 3 is 2.20 bits per heavy atom. The van der Waals surface area contributed by atoms with E-state index < -0.39 is 0 Å². The van der Waals surface area contributed by atoms with E-state index in [1.807, 2.05) is 13.8 Å². The summed E-state index contributed by atoms with van der Waals surface area (Å²) in [7, 11) is 0. The largest absolute Gasteiger partial charge is 0.462 e. The van der Waals surface area contributed by atoms with Crippen LogP contribution in [0.15, 0.2) is 0 Å². The lowest BCUT2D eigenvalue weighted by atomic mass is 9.50. The summed E-state index contributed by atoms with van der Waals surface area (Å²) >= 11 is 0. The molecule has 5 heteroatoms. The summed E-state index contributed by atoms with van der Waals surface area (Å²) in [5, 5.41) is 0. The average molecular weight is 419 g/mol. The van der Waals surface area contributed by atoms with Gasteiger partial charge in [-0.1, -0.05) is 13.8 Å². The van der Waals surface area contributed by atoms with Crippen molar-refractivity contribution < 1.29 is 23.8 Å². The molecule has 6 aliphatic carbocycles. The zero-order chi connectivity index (χ0) is 20.9. The van der Waals surface area contributed by atoms with Gasteiger partial charge < -0.3 is 14.2 Å². The molecule has 5 unspecified atom stereocenters. The van der Waals surface area contributed by atoms with Gasteiger partial charge in [0.05, 0.1) is 18.4 Å². The molecule has 0 spiro atoms. The van der Waals surface area contributed by atoms with Crippen molar-refractivity contribution in [1.82, 2.24) is 0 Å². The molecule has 0 aromatic carbocycles. The van der Waals surface area contributed by atoms with Gasteiger partial charge in [0.2, 0.25) is 0 Å². The lowest BCUT2D eigenvalue weighted by Gasteiger charge is -2.56. The second-order valence-corrected chi connectivity index (χ2v) is 11.5. The van der Waals surface area contributed by atoms with E-state index in [2.05, 4.69) is 0 Å². The smallest absolute Gasteiger partial charge is 0.311 e. The number of esters is 2. The summed E-state index contributed by atoms with van der Waals surface area (Å²) in [6, 6.07) is 0. The van der Waals surface area contributed by atoms with Crippen molar-refractivity contribution in [1.29, 1.82) is 0 Å². The lowest BCUT2D eigenvalue weighted by molar-refractivity contribution is -0.176. The van der Waals surface area contributed by atoms with Gasteiger partial charge >= 0.3 is 11.9 Å². The van der Waals surface area contributed by atoms with Gasteiger partial charge in [0, 0.05) is 5.92 Å². The SMILES string of the molecule is CCC(C)C(=O)OC1CC2CC(C(=O)OCOCC34CC5CC(CC(C5)C3)C4)C1C2. The quantitative estimate of drug-likeness (QED) is 0.324. The predicted molar refractivity (Wildman–Crippen MR) is 111 cm³/mol. The Balaban J connectivity index is 1.08. The molecule has 0 N–H and O–H groups in total. The first-order valence-corrected chi connectivity index (χ1v) is 12.4. The number of hydrogen-bond acceptors (Lipinski definition) is 5. The third-order valence-electron chi connectivity index (χ3n) is 9.20. The molecule has 0 aromatic rings. The molecule has 0 aromatic heterocycles. The van der Waals surface area contributed by atoms with Crippen LogP contribution in [0.3, 0.4) is 0 Å². The van der Waals surface area contributed by atoms with Crippen molar-refractivity contribution in [3.63, 3.8) is 0 Å². The van der Waals surface area contributed by atoms with Gasteiger partial charge in [0.25, 0.3) is 0 Å². The van der Waals surface area contributed by atoms with Crippen LogP contribution in [0.2, 0.25) is 0 Å². The number of carbonyl (C=O) groups excluding carboxylic acids is 2. The van der Waals surface area contributed by atoms with Gasteiger partial charge in [0.15, 0.2) is 6.79 Å². The molecule has 0 saturated heterocycles. The van der Waals surface area contributed by atoms with Crippen molar-refractivity contribution >= 4 is 11.9 Å². The molecule has 6 rings (SSSR count). The van der Waals surface area contributed by atoms with E-state index in [1.165, 1.54) is 38.5 Å². The van der Waals surface area contributed by atoms with E-state index in [1.54, 1.807) is 0 Å². The second-order valence-electron chi connectivity index (χ2n) is 11.5. The van der Waals surface area contributed by atoms with E-state index in [0.717, 1.165) is 50.0 Å². The highest BCUT2D eigenvalue weighted by Crippen LogP contribution is 2.60. The molecular weight excluding hydrogens is 380 g/mol. The van der Waals surface area contributed by atoms with Gasteiger partial charge in [-0.05, 0) is 93.3 Å². The number of ether oxygens (including phenoxy) is 3. The van der Waals surface area contributed by atoms with Gasteiger partial charge in [0.1, 0.15) is 6.10 Å². The molecule has 168 valence electrons. The molecular formula is C25H38O5. The molecule has 0 radical (unpaired) electrons. The molecule has 5 nitrogen and oxygen atoms in total. The third kappa shape index (κ3) is 3.91. The maximum Gasteiger partial charge on any atom is 0.311 e. The van der Waals surface area contributed by atoms with Crippen LogP contribution in [0.25, 0.3) is 0 Å². The maximum atomic E-state index is 12.7. The van der Waals surface area contributed by atoms with Gasteiger partial charge in [-0.25, -0.2) is 0 Å². The van der Waals surface area contributed by atoms with E-state index in [4.69, 9.17) is 14.2 Å². The maximum absolute atomic E-state index is 12.7. The van der Waals surface area contributed by atoms with Crippen LogP contribution < -0.4 is 0 Å². The van der Waals surface area contributed by atoms with Crippen LogP contribution >= 0.6 is 0 Å². The summed E-state index contributed by atoms with van der Waals surface area (Å²) in [6.07, 6.45) is 11.6. The van der Waals surface area contributed by atoms with Gasteiger partial charge in [-0.15, -0.1) is 0 Å². The number of rotatable bonds is 8. The standard InChI is InChI=1S/C25H38O5/c1-3-15(2)23(26)30-22-9-16-7-20(22)21(8-16)24(27)29-14-28-13-25-10-17-4-18(11-25)6-19(5-17)12-25/h15-22H,3-14H2,1-2H3. The van der Waals surface area contributed by atoms with Crippen LogP contribution in [-0.2, 0) is 23.8 Å². The minimum absolute atomic E-state index is 0.0752. The molecule has 0 amide bonds. The number of carbonyl (C=O) groups is 2. The highest BCUT2D eigenvalue weighted by Gasteiger charge is 2.52. The molecule has 6 saturated carbocycles. The van der Waals surface area contributed by atoms with Crippen LogP contribution in [0.5, 0.6) is 0 Å². The fourth-order valence-corrected chi connectivity index (χ4v) is 8.06. The third-order valence-corrected chi connectivity index (χ3v) is 9.20. The van der Waals surface area contributed by atoms with Crippen molar-refractivity contribution in [3.05, 3.63) is 0 Å². The normalized spacial score (nSPS) is 44.3. The van der Waals surface area contributed by atoms with E-state index in [0.29, 0.717) is 11.3 Å². The van der Waals surface area contributed by atoms with Crippen LogP contribution in [0.4, 0.5) is 0 Å². The van der Waals surface area contributed by atoms with Crippen molar-refractivity contribution in [2.24, 2.45) is 46.8 Å². The molecule has 6 aliphatic rings. The van der Waals surface area contributed by atoms with Crippen molar-refractivity contribution in [3.8, 4) is 0 Å². The summed E-state index contributed by atoms with van der Waals surface area (Å²) < 4.78 is 17.3. The van der Waals surface area contributed by atoms with Crippen molar-refractivity contribution in [2.45, 2.75) is 84.2 Å². The fourth-order valence-electron chi connectivity index (χ4n) is 8.06. The minimum atomic E-state index is -0.155. The van der Waals surface area contributed by atoms with Crippen LogP contribution in [0, 0.1) is 46.8 Å². The summed E-state index contributed by atoms with van der Waals surface area (Å²) in [5.41, 5.74) is 0.350.